The molecule has 2 nitrogen and oxygen atoms in total. The fraction of sp³-hybridized carbons (Fsp3) is 0.167. The molecule has 1 unspecified atom stereocenters. The molecule has 0 spiro atoms. The van der Waals surface area contributed by atoms with Crippen LogP contribution in [0.1, 0.15) is 12.5 Å². The summed E-state index contributed by atoms with van der Waals surface area (Å²) in [6.07, 6.45) is 2.75. The Hall–Kier alpha value is -2.19. The number of fused-ring (bicyclic) bond motifs is 1. The lowest BCUT2D eigenvalue weighted by molar-refractivity contribution is 0.738. The number of pyridine rings is 1. The van der Waals surface area contributed by atoms with Crippen molar-refractivity contribution < 1.29 is 0 Å². The molecule has 0 aliphatic rings. The van der Waals surface area contributed by atoms with Gasteiger partial charge in [-0.25, -0.2) is 0 Å². The first-order valence-corrected chi connectivity index (χ1v) is 6.92. The number of nitrogens with zero attached hydrogens (tertiary/aromatic N) is 1. The van der Waals surface area contributed by atoms with E-state index >= 15 is 0 Å². The van der Waals surface area contributed by atoms with Crippen molar-refractivity contribution in [3.63, 3.8) is 0 Å². The topological polar surface area (TPSA) is 38.9 Å². The molecule has 2 aromatic carbocycles. The highest BCUT2D eigenvalue weighted by Gasteiger charge is 2.02. The van der Waals surface area contributed by atoms with Gasteiger partial charge >= 0.3 is 0 Å². The van der Waals surface area contributed by atoms with E-state index in [1.54, 1.807) is 0 Å². The Balaban J connectivity index is 1.94. The Kier molecular flexibility index (Phi) is 3.48. The van der Waals surface area contributed by atoms with Gasteiger partial charge in [-0.1, -0.05) is 42.5 Å². The Morgan fingerprint density at radius 2 is 1.75 bits per heavy atom. The maximum atomic E-state index is 5.83. The summed E-state index contributed by atoms with van der Waals surface area (Å²) >= 11 is 0. The number of nitrogens with two attached hydrogens (primary N) is 1. The zero-order chi connectivity index (χ0) is 13.9. The molecule has 100 valence electrons. The molecule has 20 heavy (non-hydrogen) atoms. The molecule has 1 heterocycles. The first kappa shape index (κ1) is 12.8. The molecule has 1 atom stereocenters. The van der Waals surface area contributed by atoms with Gasteiger partial charge in [-0.2, -0.15) is 0 Å². The zero-order valence-corrected chi connectivity index (χ0v) is 11.6. The summed E-state index contributed by atoms with van der Waals surface area (Å²) in [4.78, 5) is 4.41. The SMILES string of the molecule is CC(N)Cc1ccc(-c2ccc3cccnc3c2)cc1. The second kappa shape index (κ2) is 5.43. The van der Waals surface area contributed by atoms with Crippen molar-refractivity contribution in [3.05, 3.63) is 66.4 Å². The van der Waals surface area contributed by atoms with Gasteiger partial charge in [0, 0.05) is 17.6 Å². The van der Waals surface area contributed by atoms with Crippen LogP contribution in [0.2, 0.25) is 0 Å². The number of hydrogen-bond acceptors (Lipinski definition) is 2. The molecule has 2 N–H and O–H groups in total. The second-order valence-corrected chi connectivity index (χ2v) is 5.29. The highest BCUT2D eigenvalue weighted by molar-refractivity contribution is 5.84. The van der Waals surface area contributed by atoms with E-state index in [1.165, 1.54) is 22.1 Å². The lowest BCUT2D eigenvalue weighted by atomic mass is 10.0. The summed E-state index contributed by atoms with van der Waals surface area (Å²) in [5, 5.41) is 1.17. The molecule has 3 rings (SSSR count). The number of rotatable bonds is 3. The molecule has 2 heteroatoms. The van der Waals surface area contributed by atoms with Gasteiger partial charge in [-0.15, -0.1) is 0 Å². The molecule has 0 bridgehead atoms. The summed E-state index contributed by atoms with van der Waals surface area (Å²) in [6, 6.07) is 19.3. The van der Waals surface area contributed by atoms with E-state index < -0.39 is 0 Å². The fourth-order valence-corrected chi connectivity index (χ4v) is 2.45. The first-order chi connectivity index (χ1) is 9.72. The molecule has 0 saturated heterocycles. The number of aromatic nitrogens is 1. The third-order valence-electron chi connectivity index (χ3n) is 3.45. The van der Waals surface area contributed by atoms with Crippen molar-refractivity contribution in [2.45, 2.75) is 19.4 Å². The minimum Gasteiger partial charge on any atom is -0.328 e. The van der Waals surface area contributed by atoms with Crippen LogP contribution in [0.25, 0.3) is 22.0 Å². The molecule has 0 aliphatic heterocycles. The van der Waals surface area contributed by atoms with Crippen molar-refractivity contribution in [1.29, 1.82) is 0 Å². The number of benzene rings is 2. The molecule has 0 aliphatic carbocycles. The quantitative estimate of drug-likeness (QED) is 0.780. The van der Waals surface area contributed by atoms with E-state index in [0.717, 1.165) is 11.9 Å². The van der Waals surface area contributed by atoms with Crippen LogP contribution in [0.3, 0.4) is 0 Å². The molecule has 0 fully saturated rings. The number of hydrogen-bond donors (Lipinski definition) is 1. The van der Waals surface area contributed by atoms with Crippen LogP contribution < -0.4 is 5.73 Å². The molecular weight excluding hydrogens is 244 g/mol. The zero-order valence-electron chi connectivity index (χ0n) is 11.6. The van der Waals surface area contributed by atoms with E-state index in [1.807, 2.05) is 19.2 Å². The monoisotopic (exact) mass is 262 g/mol. The minimum absolute atomic E-state index is 0.200. The Morgan fingerprint density at radius 1 is 1.00 bits per heavy atom. The lowest BCUT2D eigenvalue weighted by Gasteiger charge is -2.07. The smallest absolute Gasteiger partial charge is 0.0708 e. The third kappa shape index (κ3) is 2.70. The van der Waals surface area contributed by atoms with E-state index in [-0.39, 0.29) is 6.04 Å². The first-order valence-electron chi connectivity index (χ1n) is 6.92. The van der Waals surface area contributed by atoms with Crippen molar-refractivity contribution in [1.82, 2.24) is 4.98 Å². The molecule has 0 saturated carbocycles. The van der Waals surface area contributed by atoms with Crippen LogP contribution >= 0.6 is 0 Å². The highest BCUT2D eigenvalue weighted by atomic mass is 14.6. The van der Waals surface area contributed by atoms with Crippen molar-refractivity contribution in [2.75, 3.05) is 0 Å². The maximum Gasteiger partial charge on any atom is 0.0708 e. The third-order valence-corrected chi connectivity index (χ3v) is 3.45. The summed E-state index contributed by atoms with van der Waals surface area (Å²) in [7, 11) is 0. The van der Waals surface area contributed by atoms with Crippen molar-refractivity contribution in [3.8, 4) is 11.1 Å². The predicted octanol–water partition coefficient (Wildman–Crippen LogP) is 3.79. The largest absolute Gasteiger partial charge is 0.328 e. The maximum absolute atomic E-state index is 5.83. The van der Waals surface area contributed by atoms with Crippen LogP contribution in [0.5, 0.6) is 0 Å². The predicted molar refractivity (Wildman–Crippen MR) is 84.5 cm³/mol. The molecule has 1 aromatic heterocycles. The van der Waals surface area contributed by atoms with Gasteiger partial charge in [0.05, 0.1) is 5.52 Å². The van der Waals surface area contributed by atoms with Gasteiger partial charge < -0.3 is 5.73 Å². The Bertz CT molecular complexity index is 715. The van der Waals surface area contributed by atoms with Gasteiger partial charge in [-0.3, -0.25) is 4.98 Å². The van der Waals surface area contributed by atoms with Crippen LogP contribution in [0, 0.1) is 0 Å². The van der Waals surface area contributed by atoms with E-state index in [0.29, 0.717) is 0 Å². The normalized spacial score (nSPS) is 12.5. The summed E-state index contributed by atoms with van der Waals surface area (Å²) in [5.41, 5.74) is 10.6. The van der Waals surface area contributed by atoms with Gasteiger partial charge in [0.1, 0.15) is 0 Å². The van der Waals surface area contributed by atoms with Gasteiger partial charge in [0.2, 0.25) is 0 Å². The van der Waals surface area contributed by atoms with Gasteiger partial charge in [-0.05, 0) is 42.2 Å². The molecule has 3 aromatic rings. The fourth-order valence-electron chi connectivity index (χ4n) is 2.45. The summed E-state index contributed by atoms with van der Waals surface area (Å²) < 4.78 is 0. The van der Waals surface area contributed by atoms with Gasteiger partial charge in [0.15, 0.2) is 0 Å². The Labute approximate surface area is 119 Å². The van der Waals surface area contributed by atoms with Crippen molar-refractivity contribution in [2.24, 2.45) is 5.73 Å². The molecule has 0 radical (unpaired) electrons. The lowest BCUT2D eigenvalue weighted by Crippen LogP contribution is -2.17. The van der Waals surface area contributed by atoms with Crippen LogP contribution in [0.4, 0.5) is 0 Å². The van der Waals surface area contributed by atoms with Crippen LogP contribution in [-0.4, -0.2) is 11.0 Å². The van der Waals surface area contributed by atoms with E-state index in [2.05, 4.69) is 53.5 Å². The highest BCUT2D eigenvalue weighted by Crippen LogP contribution is 2.23. The van der Waals surface area contributed by atoms with Gasteiger partial charge in [0.25, 0.3) is 0 Å². The Morgan fingerprint density at radius 3 is 2.50 bits per heavy atom. The average Bonchev–Trinajstić information content (AvgIpc) is 2.47. The van der Waals surface area contributed by atoms with Crippen molar-refractivity contribution >= 4 is 10.9 Å². The standard InChI is InChI=1S/C18H18N2/c1-13(19)11-14-4-6-15(7-5-14)17-9-8-16-3-2-10-20-18(16)12-17/h2-10,12-13H,11,19H2,1H3. The minimum atomic E-state index is 0.200. The van der Waals surface area contributed by atoms with E-state index in [9.17, 15) is 0 Å². The average molecular weight is 262 g/mol. The molecular formula is C18H18N2. The molecule has 0 amide bonds. The second-order valence-electron chi connectivity index (χ2n) is 5.29. The summed E-state index contributed by atoms with van der Waals surface area (Å²) in [5.74, 6) is 0. The summed E-state index contributed by atoms with van der Waals surface area (Å²) in [6.45, 7) is 2.03. The van der Waals surface area contributed by atoms with Crippen LogP contribution in [0.15, 0.2) is 60.8 Å². The van der Waals surface area contributed by atoms with E-state index in [4.69, 9.17) is 5.73 Å². The van der Waals surface area contributed by atoms with Crippen LogP contribution in [-0.2, 0) is 6.42 Å².